The maximum Gasteiger partial charge on any atom is 0.0670 e. The Kier molecular flexibility index (Phi) is 6.79. The van der Waals surface area contributed by atoms with Crippen LogP contribution in [0.5, 0.6) is 0 Å². The summed E-state index contributed by atoms with van der Waals surface area (Å²) in [5.74, 6) is 0.909. The van der Waals surface area contributed by atoms with E-state index in [0.29, 0.717) is 18.2 Å². The summed E-state index contributed by atoms with van der Waals surface area (Å²) in [6, 6.07) is 1.42. The molecule has 20 heavy (non-hydrogen) atoms. The van der Waals surface area contributed by atoms with Gasteiger partial charge in [0.25, 0.3) is 0 Å². The average molecular weight is 282 g/mol. The van der Waals surface area contributed by atoms with Crippen molar-refractivity contribution in [3.05, 3.63) is 0 Å². The van der Waals surface area contributed by atoms with Crippen LogP contribution in [0.15, 0.2) is 0 Å². The molecule has 0 aromatic carbocycles. The molecule has 1 saturated heterocycles. The predicted molar refractivity (Wildman–Crippen MR) is 85.1 cm³/mol. The van der Waals surface area contributed by atoms with Gasteiger partial charge in [-0.2, -0.15) is 0 Å². The molecule has 1 aliphatic heterocycles. The molecule has 3 nitrogen and oxygen atoms in total. The van der Waals surface area contributed by atoms with Crippen molar-refractivity contribution < 1.29 is 4.74 Å². The van der Waals surface area contributed by atoms with E-state index in [-0.39, 0.29) is 0 Å². The summed E-state index contributed by atoms with van der Waals surface area (Å²) in [5, 5.41) is 3.86. The summed E-state index contributed by atoms with van der Waals surface area (Å²) >= 11 is 0. The molecule has 3 heteroatoms. The van der Waals surface area contributed by atoms with Crippen molar-refractivity contribution >= 4 is 0 Å². The van der Waals surface area contributed by atoms with E-state index in [9.17, 15) is 0 Å². The predicted octanol–water partition coefficient (Wildman–Crippen LogP) is 3.04. The van der Waals surface area contributed by atoms with Crippen LogP contribution in [0, 0.1) is 5.92 Å². The monoisotopic (exact) mass is 282 g/mol. The van der Waals surface area contributed by atoms with Crippen molar-refractivity contribution in [2.45, 2.75) is 77.0 Å². The summed E-state index contributed by atoms with van der Waals surface area (Å²) in [7, 11) is 1.83. The van der Waals surface area contributed by atoms with E-state index >= 15 is 0 Å². The molecule has 1 N–H and O–H groups in total. The van der Waals surface area contributed by atoms with Crippen LogP contribution >= 0.6 is 0 Å². The second-order valence-corrected chi connectivity index (χ2v) is 6.86. The third kappa shape index (κ3) is 4.44. The highest BCUT2D eigenvalue weighted by Gasteiger charge is 2.32. The SMILES string of the molecule is CCCC1CNC(C2CCCCC2)CN1CC(C)OC. The zero-order chi connectivity index (χ0) is 14.4. The lowest BCUT2D eigenvalue weighted by molar-refractivity contribution is 0.0282. The molecule has 0 aromatic heterocycles. The van der Waals surface area contributed by atoms with Gasteiger partial charge in [-0.05, 0) is 32.1 Å². The minimum atomic E-state index is 0.347. The Morgan fingerprint density at radius 3 is 2.65 bits per heavy atom. The Morgan fingerprint density at radius 1 is 1.25 bits per heavy atom. The molecule has 2 rings (SSSR count). The maximum atomic E-state index is 5.50. The molecule has 2 aliphatic rings. The van der Waals surface area contributed by atoms with Gasteiger partial charge in [-0.3, -0.25) is 4.90 Å². The maximum absolute atomic E-state index is 5.50. The van der Waals surface area contributed by atoms with E-state index in [1.165, 1.54) is 58.0 Å². The van der Waals surface area contributed by atoms with Gasteiger partial charge >= 0.3 is 0 Å². The zero-order valence-electron chi connectivity index (χ0n) is 13.7. The van der Waals surface area contributed by atoms with Crippen molar-refractivity contribution in [1.29, 1.82) is 0 Å². The molecular formula is C17H34N2O. The van der Waals surface area contributed by atoms with Crippen LogP contribution in [0.25, 0.3) is 0 Å². The summed E-state index contributed by atoms with van der Waals surface area (Å²) in [6.07, 6.45) is 10.1. The van der Waals surface area contributed by atoms with E-state index in [1.54, 1.807) is 0 Å². The first-order chi connectivity index (χ1) is 9.74. The second-order valence-electron chi connectivity index (χ2n) is 6.86. The summed E-state index contributed by atoms with van der Waals surface area (Å²) in [4.78, 5) is 2.70. The zero-order valence-corrected chi connectivity index (χ0v) is 13.7. The van der Waals surface area contributed by atoms with E-state index < -0.39 is 0 Å². The van der Waals surface area contributed by atoms with Crippen molar-refractivity contribution in [3.63, 3.8) is 0 Å². The quantitative estimate of drug-likeness (QED) is 0.810. The first kappa shape index (κ1) is 16.3. The summed E-state index contributed by atoms with van der Waals surface area (Å²) < 4.78 is 5.50. The first-order valence-electron chi connectivity index (χ1n) is 8.74. The smallest absolute Gasteiger partial charge is 0.0670 e. The number of methoxy groups -OCH3 is 1. The number of hydrogen-bond acceptors (Lipinski definition) is 3. The minimum absolute atomic E-state index is 0.347. The fraction of sp³-hybridized carbons (Fsp3) is 1.00. The van der Waals surface area contributed by atoms with Crippen LogP contribution in [0.4, 0.5) is 0 Å². The van der Waals surface area contributed by atoms with Gasteiger partial charge in [-0.25, -0.2) is 0 Å². The van der Waals surface area contributed by atoms with Crippen LogP contribution in [-0.4, -0.2) is 49.8 Å². The molecular weight excluding hydrogens is 248 g/mol. The molecule has 118 valence electrons. The standard InChI is InChI=1S/C17H34N2O/c1-4-8-16-11-18-17(15-9-6-5-7-10-15)13-19(16)12-14(2)20-3/h14-18H,4-13H2,1-3H3. The van der Waals surface area contributed by atoms with Crippen LogP contribution in [0.3, 0.4) is 0 Å². The van der Waals surface area contributed by atoms with E-state index in [2.05, 4.69) is 24.1 Å². The Balaban J connectivity index is 1.91. The Labute approximate surface area is 125 Å². The second kappa shape index (κ2) is 8.35. The molecule has 0 radical (unpaired) electrons. The molecule has 0 amide bonds. The van der Waals surface area contributed by atoms with Gasteiger partial charge in [0.2, 0.25) is 0 Å². The normalized spacial score (nSPS) is 31.4. The van der Waals surface area contributed by atoms with Gasteiger partial charge in [0.15, 0.2) is 0 Å². The van der Waals surface area contributed by atoms with Gasteiger partial charge in [-0.1, -0.05) is 32.6 Å². The Bertz CT molecular complexity index is 266. The summed E-state index contributed by atoms with van der Waals surface area (Å²) in [5.41, 5.74) is 0. The van der Waals surface area contributed by atoms with Crippen molar-refractivity contribution in [2.24, 2.45) is 5.92 Å². The van der Waals surface area contributed by atoms with Crippen molar-refractivity contribution in [3.8, 4) is 0 Å². The average Bonchev–Trinajstić information content (AvgIpc) is 2.50. The Hall–Kier alpha value is -0.120. The molecule has 1 aliphatic carbocycles. The number of hydrogen-bond donors (Lipinski definition) is 1. The van der Waals surface area contributed by atoms with Crippen LogP contribution in [0.2, 0.25) is 0 Å². The molecule has 1 heterocycles. The lowest BCUT2D eigenvalue weighted by Crippen LogP contribution is -2.60. The molecule has 0 aromatic rings. The fourth-order valence-corrected chi connectivity index (χ4v) is 3.98. The number of piperazine rings is 1. The highest BCUT2D eigenvalue weighted by atomic mass is 16.5. The Morgan fingerprint density at radius 2 is 2.00 bits per heavy atom. The van der Waals surface area contributed by atoms with Gasteiger partial charge < -0.3 is 10.1 Å². The van der Waals surface area contributed by atoms with Gasteiger partial charge in [-0.15, -0.1) is 0 Å². The lowest BCUT2D eigenvalue weighted by atomic mass is 9.82. The first-order valence-corrected chi connectivity index (χ1v) is 8.74. The van der Waals surface area contributed by atoms with Gasteiger partial charge in [0.05, 0.1) is 6.10 Å². The topological polar surface area (TPSA) is 24.5 Å². The highest BCUT2D eigenvalue weighted by Crippen LogP contribution is 2.29. The van der Waals surface area contributed by atoms with Crippen molar-refractivity contribution in [1.82, 2.24) is 10.2 Å². The summed E-state index contributed by atoms with van der Waals surface area (Å²) in [6.45, 7) is 7.98. The molecule has 0 spiro atoms. The van der Waals surface area contributed by atoms with Crippen molar-refractivity contribution in [2.75, 3.05) is 26.7 Å². The van der Waals surface area contributed by atoms with E-state index in [0.717, 1.165) is 12.5 Å². The highest BCUT2D eigenvalue weighted by molar-refractivity contribution is 4.91. The minimum Gasteiger partial charge on any atom is -0.380 e. The number of rotatable bonds is 6. The molecule has 3 atom stereocenters. The fourth-order valence-electron chi connectivity index (χ4n) is 3.98. The van der Waals surface area contributed by atoms with Gasteiger partial charge in [0.1, 0.15) is 0 Å². The molecule has 2 fully saturated rings. The third-order valence-corrected chi connectivity index (χ3v) is 5.30. The third-order valence-electron chi connectivity index (χ3n) is 5.30. The van der Waals surface area contributed by atoms with Crippen LogP contribution < -0.4 is 5.32 Å². The van der Waals surface area contributed by atoms with Crippen LogP contribution in [-0.2, 0) is 4.74 Å². The largest absolute Gasteiger partial charge is 0.380 e. The molecule has 3 unspecified atom stereocenters. The molecule has 1 saturated carbocycles. The number of nitrogens with one attached hydrogen (secondary N) is 1. The number of ether oxygens (including phenoxy) is 1. The molecule has 0 bridgehead atoms. The lowest BCUT2D eigenvalue weighted by Gasteiger charge is -2.44. The van der Waals surface area contributed by atoms with Crippen LogP contribution in [0.1, 0.15) is 58.8 Å². The van der Waals surface area contributed by atoms with E-state index in [4.69, 9.17) is 4.74 Å². The van der Waals surface area contributed by atoms with Gasteiger partial charge in [0, 0.05) is 38.8 Å². The van der Waals surface area contributed by atoms with E-state index in [1.807, 2.05) is 7.11 Å². The number of nitrogens with zero attached hydrogens (tertiary/aromatic N) is 1.